The molecule has 25 heavy (non-hydrogen) atoms. The zero-order valence-corrected chi connectivity index (χ0v) is 14.3. The van der Waals surface area contributed by atoms with Crippen molar-refractivity contribution >= 4 is 24.7 Å². The van der Waals surface area contributed by atoms with E-state index in [0.717, 1.165) is 24.2 Å². The Kier molecular flexibility index (Phi) is 3.84. The summed E-state index contributed by atoms with van der Waals surface area (Å²) < 4.78 is 1.81. The molecule has 3 aromatic rings. The molecule has 0 radical (unpaired) electrons. The second kappa shape index (κ2) is 6.04. The van der Waals surface area contributed by atoms with Crippen molar-refractivity contribution in [1.29, 1.82) is 0 Å². The van der Waals surface area contributed by atoms with Crippen molar-refractivity contribution in [3.8, 4) is 5.69 Å². The number of amides is 1. The lowest BCUT2D eigenvalue weighted by Crippen LogP contribution is -2.43. The summed E-state index contributed by atoms with van der Waals surface area (Å²) in [6.07, 6.45) is 4.34. The Balaban J connectivity index is 1.69. The van der Waals surface area contributed by atoms with E-state index in [4.69, 9.17) is 5.73 Å². The van der Waals surface area contributed by atoms with Gasteiger partial charge in [0.15, 0.2) is 0 Å². The summed E-state index contributed by atoms with van der Waals surface area (Å²) in [6.45, 7) is 2.12. The summed E-state index contributed by atoms with van der Waals surface area (Å²) in [6, 6.07) is 14.0. The van der Waals surface area contributed by atoms with E-state index in [0.29, 0.717) is 11.1 Å². The van der Waals surface area contributed by atoms with Gasteiger partial charge in [0, 0.05) is 11.6 Å². The molecule has 0 spiro atoms. The molecule has 1 aliphatic rings. The van der Waals surface area contributed by atoms with Crippen LogP contribution in [-0.4, -0.2) is 36.6 Å². The van der Waals surface area contributed by atoms with Crippen molar-refractivity contribution < 1.29 is 4.79 Å². The number of nitrogens with two attached hydrogens (primary N) is 1. The first-order chi connectivity index (χ1) is 12.1. The number of nitrogens with one attached hydrogen (secondary N) is 1. The number of hydrogen-bond acceptors (Lipinski definition) is 3. The predicted molar refractivity (Wildman–Crippen MR) is 102 cm³/mol. The van der Waals surface area contributed by atoms with Crippen LogP contribution in [0.15, 0.2) is 48.7 Å². The second-order valence-electron chi connectivity index (χ2n) is 7.07. The second-order valence-corrected chi connectivity index (χ2v) is 7.07. The fourth-order valence-corrected chi connectivity index (χ4v) is 3.70. The van der Waals surface area contributed by atoms with Crippen LogP contribution in [0.1, 0.15) is 28.8 Å². The highest BCUT2D eigenvalue weighted by Crippen LogP contribution is 2.28. The molecule has 0 aliphatic carbocycles. The van der Waals surface area contributed by atoms with Gasteiger partial charge in [-0.15, -0.1) is 0 Å². The lowest BCUT2D eigenvalue weighted by Gasteiger charge is -2.35. The van der Waals surface area contributed by atoms with Crippen LogP contribution < -0.4 is 11.1 Å². The highest BCUT2D eigenvalue weighted by atomic mass is 16.1. The van der Waals surface area contributed by atoms with Crippen molar-refractivity contribution in [2.75, 3.05) is 13.1 Å². The fraction of sp³-hybridized carbons (Fsp3) is 0.263. The van der Waals surface area contributed by atoms with E-state index in [1.807, 2.05) is 23.0 Å². The van der Waals surface area contributed by atoms with E-state index in [9.17, 15) is 4.79 Å². The maximum absolute atomic E-state index is 11.6. The zero-order valence-electron chi connectivity index (χ0n) is 14.3. The highest BCUT2D eigenvalue weighted by Gasteiger charge is 2.28. The van der Waals surface area contributed by atoms with Crippen molar-refractivity contribution in [2.45, 2.75) is 18.2 Å². The van der Waals surface area contributed by atoms with Crippen molar-refractivity contribution in [1.82, 2.24) is 15.1 Å². The van der Waals surface area contributed by atoms with E-state index in [1.54, 1.807) is 6.07 Å². The topological polar surface area (TPSA) is 72.9 Å². The van der Waals surface area contributed by atoms with Gasteiger partial charge in [-0.1, -0.05) is 24.3 Å². The van der Waals surface area contributed by atoms with E-state index in [2.05, 4.69) is 42.5 Å². The van der Waals surface area contributed by atoms with Crippen LogP contribution in [0.5, 0.6) is 0 Å². The Labute approximate surface area is 147 Å². The molecular weight excluding hydrogens is 311 g/mol. The first-order valence-corrected chi connectivity index (χ1v) is 8.67. The molecule has 0 saturated carbocycles. The van der Waals surface area contributed by atoms with E-state index < -0.39 is 5.91 Å². The molecule has 1 fully saturated rings. The number of carbonyl (C=O) groups excluding carboxylic acids is 1. The average molecular weight is 332 g/mol. The SMILES string of the molecule is BC1(c2ccc(-n3cc4cccc(C(N)=O)c4n3)cc2)CCCNC1. The molecule has 2 aromatic carbocycles. The number of rotatable bonds is 3. The summed E-state index contributed by atoms with van der Waals surface area (Å²) in [5.74, 6) is -0.455. The van der Waals surface area contributed by atoms with Gasteiger partial charge < -0.3 is 11.1 Å². The molecule has 1 aromatic heterocycles. The third-order valence-electron chi connectivity index (χ3n) is 5.23. The lowest BCUT2D eigenvalue weighted by atomic mass is 9.60. The van der Waals surface area contributed by atoms with Crippen LogP contribution in [0, 0.1) is 0 Å². The van der Waals surface area contributed by atoms with E-state index >= 15 is 0 Å². The Morgan fingerprint density at radius 3 is 2.72 bits per heavy atom. The number of piperidine rings is 1. The Morgan fingerprint density at radius 2 is 2.04 bits per heavy atom. The molecule has 126 valence electrons. The lowest BCUT2D eigenvalue weighted by molar-refractivity contribution is 0.100. The van der Waals surface area contributed by atoms with Crippen molar-refractivity contribution in [2.24, 2.45) is 5.73 Å². The Morgan fingerprint density at radius 1 is 1.24 bits per heavy atom. The standard InChI is InChI=1S/C19H21BN4O/c20-19(9-2-10-22-12-19)14-5-7-15(8-6-14)24-11-13-3-1-4-16(18(21)25)17(13)23-24/h1,3-8,11,22H,2,9-10,12,20H2,(H2,21,25). The van der Waals surface area contributed by atoms with Gasteiger partial charge in [-0.25, -0.2) is 4.68 Å². The molecule has 1 atom stereocenters. The van der Waals surface area contributed by atoms with Crippen LogP contribution in [0.25, 0.3) is 16.6 Å². The maximum Gasteiger partial charge on any atom is 0.250 e. The number of carbonyl (C=O) groups is 1. The van der Waals surface area contributed by atoms with Gasteiger partial charge in [-0.05, 0) is 55.0 Å². The summed E-state index contributed by atoms with van der Waals surface area (Å²) in [4.78, 5) is 11.6. The third kappa shape index (κ3) is 2.83. The molecule has 1 aliphatic heterocycles. The van der Waals surface area contributed by atoms with Crippen LogP contribution in [0.3, 0.4) is 0 Å². The van der Waals surface area contributed by atoms with Crippen molar-refractivity contribution in [3.63, 3.8) is 0 Å². The number of hydrogen-bond donors (Lipinski definition) is 2. The van der Waals surface area contributed by atoms with Crippen molar-refractivity contribution in [3.05, 3.63) is 59.8 Å². The monoisotopic (exact) mass is 332 g/mol. The number of nitrogens with zero attached hydrogens (tertiary/aromatic N) is 2. The summed E-state index contributed by atoms with van der Waals surface area (Å²) >= 11 is 0. The van der Waals surface area contributed by atoms with Gasteiger partial charge in [0.05, 0.1) is 11.3 Å². The minimum absolute atomic E-state index is 0.185. The van der Waals surface area contributed by atoms with E-state index in [-0.39, 0.29) is 5.31 Å². The smallest absolute Gasteiger partial charge is 0.250 e. The molecule has 4 rings (SSSR count). The Hall–Kier alpha value is -2.60. The minimum Gasteiger partial charge on any atom is -0.366 e. The van der Waals surface area contributed by atoms with Crippen LogP contribution in [-0.2, 0) is 5.31 Å². The molecule has 0 bridgehead atoms. The molecule has 5 nitrogen and oxygen atoms in total. The van der Waals surface area contributed by atoms with Gasteiger partial charge in [0.25, 0.3) is 5.91 Å². The summed E-state index contributed by atoms with van der Waals surface area (Å²) in [5.41, 5.74) is 8.86. The molecule has 3 N–H and O–H groups in total. The van der Waals surface area contributed by atoms with Gasteiger partial charge in [0.1, 0.15) is 13.4 Å². The average Bonchev–Trinajstić information content (AvgIpc) is 3.06. The highest BCUT2D eigenvalue weighted by molar-refractivity contribution is 6.16. The number of aromatic nitrogens is 2. The number of primary amides is 1. The van der Waals surface area contributed by atoms with E-state index in [1.165, 1.54) is 18.4 Å². The summed E-state index contributed by atoms with van der Waals surface area (Å²) in [5, 5.41) is 9.15. The largest absolute Gasteiger partial charge is 0.366 e. The molecule has 1 amide bonds. The Bertz CT molecular complexity index is 926. The van der Waals surface area contributed by atoms with Crippen LogP contribution in [0.2, 0.25) is 0 Å². The van der Waals surface area contributed by atoms with Crippen LogP contribution >= 0.6 is 0 Å². The molecule has 6 heteroatoms. The zero-order chi connectivity index (χ0) is 17.4. The van der Waals surface area contributed by atoms with Gasteiger partial charge >= 0.3 is 0 Å². The first-order valence-electron chi connectivity index (χ1n) is 8.67. The predicted octanol–water partition coefficient (Wildman–Crippen LogP) is 1.34. The van der Waals surface area contributed by atoms with Gasteiger partial charge in [-0.2, -0.15) is 5.10 Å². The van der Waals surface area contributed by atoms with Crippen LogP contribution in [0.4, 0.5) is 0 Å². The van der Waals surface area contributed by atoms with Gasteiger partial charge in [0.2, 0.25) is 0 Å². The first kappa shape index (κ1) is 15.9. The number of benzene rings is 2. The van der Waals surface area contributed by atoms with Gasteiger partial charge in [-0.3, -0.25) is 4.79 Å². The molecular formula is C19H21BN4O. The third-order valence-corrected chi connectivity index (χ3v) is 5.23. The molecule has 1 unspecified atom stereocenters. The fourth-order valence-electron chi connectivity index (χ4n) is 3.70. The molecule has 2 heterocycles. The quantitative estimate of drug-likeness (QED) is 0.711. The normalized spacial score (nSPS) is 20.6. The summed E-state index contributed by atoms with van der Waals surface area (Å²) in [7, 11) is 2.31. The maximum atomic E-state index is 11.6. The minimum atomic E-state index is -0.455. The number of fused-ring (bicyclic) bond motifs is 1. The molecule has 1 saturated heterocycles.